The summed E-state index contributed by atoms with van der Waals surface area (Å²) >= 11 is 0. The predicted octanol–water partition coefficient (Wildman–Crippen LogP) is 3.72. The van der Waals surface area contributed by atoms with Crippen LogP contribution in [0.15, 0.2) is 30.6 Å². The van der Waals surface area contributed by atoms with Crippen molar-refractivity contribution in [2.24, 2.45) is 0 Å². The van der Waals surface area contributed by atoms with Gasteiger partial charge in [-0.2, -0.15) is 31.4 Å². The second kappa shape index (κ2) is 6.07. The van der Waals surface area contributed by atoms with Gasteiger partial charge in [-0.3, -0.25) is 9.48 Å². The van der Waals surface area contributed by atoms with Gasteiger partial charge in [0.1, 0.15) is 11.0 Å². The largest absolute Gasteiger partial charge is 0.416 e. The smallest absolute Gasteiger partial charge is 0.294 e. The zero-order chi connectivity index (χ0) is 19.1. The summed E-state index contributed by atoms with van der Waals surface area (Å²) in [5, 5.41) is 3.96. The first kappa shape index (κ1) is 17.8. The molecule has 0 saturated heterocycles. The highest BCUT2D eigenvalue weighted by atomic mass is 19.4. The monoisotopic (exact) mass is 374 g/mol. The van der Waals surface area contributed by atoms with E-state index in [9.17, 15) is 31.1 Å². The van der Waals surface area contributed by atoms with E-state index in [4.69, 9.17) is 0 Å². The minimum absolute atomic E-state index is 0.0723. The zero-order valence-corrected chi connectivity index (χ0v) is 12.6. The molecule has 0 atom stereocenters. The molecule has 1 aromatic carbocycles. The summed E-state index contributed by atoms with van der Waals surface area (Å²) in [7, 11) is 0. The van der Waals surface area contributed by atoms with Gasteiger partial charge in [0.2, 0.25) is 0 Å². The van der Waals surface area contributed by atoms with E-state index >= 15 is 0 Å². The lowest BCUT2D eigenvalue weighted by Gasteiger charge is -2.16. The zero-order valence-electron chi connectivity index (χ0n) is 12.6. The van der Waals surface area contributed by atoms with Crippen LogP contribution in [0.1, 0.15) is 27.3 Å². The van der Waals surface area contributed by atoms with E-state index < -0.39 is 30.0 Å². The summed E-state index contributed by atoms with van der Waals surface area (Å²) in [5.74, 6) is -0.123. The molecule has 0 fully saturated rings. The molecule has 0 aliphatic rings. The number of alkyl halides is 6. The van der Waals surface area contributed by atoms with Crippen molar-refractivity contribution in [2.45, 2.75) is 18.9 Å². The third-order valence-electron chi connectivity index (χ3n) is 3.50. The van der Waals surface area contributed by atoms with Crippen LogP contribution in [0.3, 0.4) is 0 Å². The van der Waals surface area contributed by atoms with Crippen molar-refractivity contribution in [1.29, 1.82) is 0 Å². The van der Waals surface area contributed by atoms with Crippen molar-refractivity contribution < 1.29 is 31.1 Å². The highest BCUT2D eigenvalue weighted by Crippen LogP contribution is 2.37. The third kappa shape index (κ3) is 3.51. The van der Waals surface area contributed by atoms with Gasteiger partial charge in [-0.15, -0.1) is 0 Å². The maximum Gasteiger partial charge on any atom is 0.416 e. The summed E-state index contributed by atoms with van der Waals surface area (Å²) in [6, 6.07) is 1.42. The maximum absolute atomic E-state index is 13.2. The van der Waals surface area contributed by atoms with Gasteiger partial charge in [-0.25, -0.2) is 9.97 Å². The summed E-state index contributed by atoms with van der Waals surface area (Å²) < 4.78 is 78.7. The Labute approximate surface area is 141 Å². The van der Waals surface area contributed by atoms with Gasteiger partial charge in [0.05, 0.1) is 30.1 Å². The van der Waals surface area contributed by atoms with E-state index in [1.165, 1.54) is 12.4 Å². The molecule has 0 radical (unpaired) electrons. The number of hydrogen-bond acceptors (Lipinski definition) is 4. The van der Waals surface area contributed by atoms with Crippen LogP contribution in [0.2, 0.25) is 0 Å². The fourth-order valence-electron chi connectivity index (χ4n) is 2.35. The Kier molecular flexibility index (Phi) is 4.17. The summed E-state index contributed by atoms with van der Waals surface area (Å²) in [5.41, 5.74) is -2.72. The van der Waals surface area contributed by atoms with Gasteiger partial charge in [0.15, 0.2) is 12.1 Å². The van der Waals surface area contributed by atoms with Gasteiger partial charge in [0.25, 0.3) is 0 Å². The number of carbonyl (C=O) groups is 1. The Morgan fingerprint density at radius 1 is 1.04 bits per heavy atom. The highest BCUT2D eigenvalue weighted by Gasteiger charge is 2.38. The van der Waals surface area contributed by atoms with Crippen molar-refractivity contribution in [2.75, 3.05) is 0 Å². The molecule has 136 valence electrons. The van der Waals surface area contributed by atoms with Crippen LogP contribution >= 0.6 is 0 Å². The first-order valence-corrected chi connectivity index (χ1v) is 7.00. The van der Waals surface area contributed by atoms with E-state index in [0.717, 1.165) is 10.7 Å². The number of aldehydes is 1. The molecule has 0 aliphatic heterocycles. The summed E-state index contributed by atoms with van der Waals surface area (Å²) in [6.07, 6.45) is -6.95. The molecule has 0 saturated carbocycles. The molecule has 0 amide bonds. The van der Waals surface area contributed by atoms with Crippen molar-refractivity contribution >= 4 is 17.3 Å². The van der Waals surface area contributed by atoms with Crippen LogP contribution in [-0.2, 0) is 18.9 Å². The molecule has 11 heteroatoms. The van der Waals surface area contributed by atoms with Crippen LogP contribution in [0.5, 0.6) is 0 Å². The molecular weight excluding hydrogens is 366 g/mol. The molecule has 2 aromatic heterocycles. The van der Waals surface area contributed by atoms with E-state index in [2.05, 4.69) is 15.1 Å². The lowest BCUT2D eigenvalue weighted by atomic mass is 10.0. The number of fused-ring (bicyclic) bond motifs is 1. The summed E-state index contributed by atoms with van der Waals surface area (Å²) in [6.45, 7) is -0.431. The van der Waals surface area contributed by atoms with Crippen LogP contribution in [0, 0.1) is 0 Å². The van der Waals surface area contributed by atoms with Gasteiger partial charge in [-0.1, -0.05) is 6.07 Å². The van der Waals surface area contributed by atoms with Crippen molar-refractivity contribution in [3.63, 3.8) is 0 Å². The maximum atomic E-state index is 13.2. The quantitative estimate of drug-likeness (QED) is 0.518. The molecule has 26 heavy (non-hydrogen) atoms. The molecule has 0 unspecified atom stereocenters. The average Bonchev–Trinajstić information content (AvgIpc) is 2.94. The number of rotatable bonds is 3. The number of carbonyl (C=O) groups excluding carboxylic acids is 1. The molecular formula is C15H8F6N4O. The lowest BCUT2D eigenvalue weighted by molar-refractivity contribution is -0.143. The van der Waals surface area contributed by atoms with Crippen LogP contribution in [-0.4, -0.2) is 26.0 Å². The first-order chi connectivity index (χ1) is 12.1. The Morgan fingerprint density at radius 2 is 1.77 bits per heavy atom. The Balaban J connectivity index is 2.02. The standard InChI is InChI=1S/C15H8F6N4O/c16-14(17,18)9-2-1-8(10(3-9)15(19,20)21)5-25-6-12-11(24-25)4-22-13(7-26)23-12/h1-4,6-7H,5H2. The Bertz CT molecular complexity index is 976. The lowest BCUT2D eigenvalue weighted by Crippen LogP contribution is -2.15. The molecule has 3 rings (SSSR count). The molecule has 0 aliphatic carbocycles. The molecule has 2 heterocycles. The summed E-state index contributed by atoms with van der Waals surface area (Å²) in [4.78, 5) is 18.2. The molecule has 5 nitrogen and oxygen atoms in total. The third-order valence-corrected chi connectivity index (χ3v) is 3.50. The van der Waals surface area contributed by atoms with Crippen molar-refractivity contribution in [3.05, 3.63) is 53.1 Å². The van der Waals surface area contributed by atoms with Gasteiger partial charge in [-0.05, 0) is 17.7 Å². The molecule has 0 N–H and O–H groups in total. The molecule has 0 spiro atoms. The number of nitrogens with zero attached hydrogens (tertiary/aromatic N) is 4. The minimum atomic E-state index is -4.96. The predicted molar refractivity (Wildman–Crippen MR) is 76.3 cm³/mol. The van der Waals surface area contributed by atoms with E-state index in [0.29, 0.717) is 12.4 Å². The molecule has 0 bridgehead atoms. The minimum Gasteiger partial charge on any atom is -0.294 e. The molecule has 3 aromatic rings. The van der Waals surface area contributed by atoms with Gasteiger partial charge < -0.3 is 0 Å². The number of halogens is 6. The van der Waals surface area contributed by atoms with Gasteiger partial charge >= 0.3 is 12.4 Å². The Morgan fingerprint density at radius 3 is 2.38 bits per heavy atom. The SMILES string of the molecule is O=Cc1ncc2nn(Cc3ccc(C(F)(F)F)cc3C(F)(F)F)cc2n1. The second-order valence-corrected chi connectivity index (χ2v) is 5.31. The van der Waals surface area contributed by atoms with E-state index in [-0.39, 0.29) is 28.5 Å². The number of benzene rings is 1. The van der Waals surface area contributed by atoms with Crippen LogP contribution in [0.4, 0.5) is 26.3 Å². The average molecular weight is 374 g/mol. The van der Waals surface area contributed by atoms with E-state index in [1.54, 1.807) is 0 Å². The van der Waals surface area contributed by atoms with Crippen molar-refractivity contribution in [3.8, 4) is 0 Å². The number of hydrogen-bond donors (Lipinski definition) is 0. The van der Waals surface area contributed by atoms with Crippen LogP contribution in [0.25, 0.3) is 11.0 Å². The van der Waals surface area contributed by atoms with Crippen molar-refractivity contribution in [1.82, 2.24) is 19.7 Å². The van der Waals surface area contributed by atoms with Crippen LogP contribution < -0.4 is 0 Å². The normalized spacial score (nSPS) is 12.5. The first-order valence-electron chi connectivity index (χ1n) is 7.00. The van der Waals surface area contributed by atoms with E-state index in [1.807, 2.05) is 0 Å². The topological polar surface area (TPSA) is 60.7 Å². The van der Waals surface area contributed by atoms with Gasteiger partial charge in [0, 0.05) is 0 Å². The second-order valence-electron chi connectivity index (χ2n) is 5.31. The highest BCUT2D eigenvalue weighted by molar-refractivity contribution is 5.77. The fourth-order valence-corrected chi connectivity index (χ4v) is 2.35. The Hall–Kier alpha value is -2.98. The number of aromatic nitrogens is 4. The fraction of sp³-hybridized carbons (Fsp3) is 0.200.